The average Bonchev–Trinajstić information content (AvgIpc) is 2.58. The summed E-state index contributed by atoms with van der Waals surface area (Å²) in [6.45, 7) is -0.109. The Hall–Kier alpha value is -0.910. The summed E-state index contributed by atoms with van der Waals surface area (Å²) >= 11 is 3.29. The van der Waals surface area contributed by atoms with Gasteiger partial charge in [0, 0.05) is 9.81 Å². The zero-order valence-electron chi connectivity index (χ0n) is 9.09. The van der Waals surface area contributed by atoms with Gasteiger partial charge in [0.2, 0.25) is 0 Å². The van der Waals surface area contributed by atoms with Crippen LogP contribution in [0.2, 0.25) is 0 Å². The lowest BCUT2D eigenvalue weighted by Gasteiger charge is -2.10. The lowest BCUT2D eigenvalue weighted by Crippen LogP contribution is -2.09. The molecule has 0 spiro atoms. The Labute approximate surface area is 108 Å². The third kappa shape index (κ3) is 3.28. The predicted molar refractivity (Wildman–Crippen MR) is 71.2 cm³/mol. The topological polar surface area (TPSA) is 46.5 Å². The fourth-order valence-electron chi connectivity index (χ4n) is 1.43. The van der Waals surface area contributed by atoms with Crippen LogP contribution < -0.4 is 0 Å². The van der Waals surface area contributed by atoms with E-state index in [1.54, 1.807) is 29.6 Å². The number of esters is 1. The third-order valence-corrected chi connectivity index (χ3v) is 4.32. The van der Waals surface area contributed by atoms with Gasteiger partial charge in [0.1, 0.15) is 6.61 Å². The van der Waals surface area contributed by atoms with Gasteiger partial charge in [-0.1, -0.05) is 23.9 Å². The molecule has 0 aromatic heterocycles. The van der Waals surface area contributed by atoms with Crippen LogP contribution in [0, 0.1) is 0 Å². The van der Waals surface area contributed by atoms with Crippen molar-refractivity contribution in [1.29, 1.82) is 0 Å². The zero-order chi connectivity index (χ0) is 12.1. The monoisotopic (exact) mass is 268 g/mol. The van der Waals surface area contributed by atoms with Crippen LogP contribution in [0.5, 0.6) is 0 Å². The molecule has 0 aromatic carbocycles. The van der Waals surface area contributed by atoms with Crippen molar-refractivity contribution in [3.05, 3.63) is 44.4 Å². The highest BCUT2D eigenvalue weighted by molar-refractivity contribution is 8.12. The first-order valence-electron chi connectivity index (χ1n) is 5.19. The lowest BCUT2D eigenvalue weighted by molar-refractivity contribution is -0.139. The van der Waals surface area contributed by atoms with Gasteiger partial charge in [-0.25, -0.2) is 4.79 Å². The maximum atomic E-state index is 11.7. The van der Waals surface area contributed by atoms with Gasteiger partial charge < -0.3 is 9.84 Å². The molecular weight excluding hydrogens is 256 g/mol. The third-order valence-electron chi connectivity index (χ3n) is 2.18. The fourth-order valence-corrected chi connectivity index (χ4v) is 3.25. The molecule has 2 rings (SSSR count). The Balaban J connectivity index is 2.14. The number of rotatable bonds is 3. The Kier molecular flexibility index (Phi) is 4.53. The molecule has 3 nitrogen and oxygen atoms in total. The van der Waals surface area contributed by atoms with E-state index in [2.05, 4.69) is 0 Å². The lowest BCUT2D eigenvalue weighted by atomic mass is 10.2. The van der Waals surface area contributed by atoms with Crippen molar-refractivity contribution >= 4 is 29.5 Å². The van der Waals surface area contributed by atoms with E-state index in [4.69, 9.17) is 9.84 Å². The van der Waals surface area contributed by atoms with E-state index in [0.717, 1.165) is 11.3 Å². The number of carbonyl (C=O) groups is 1. The second-order valence-electron chi connectivity index (χ2n) is 3.36. The van der Waals surface area contributed by atoms with Crippen LogP contribution in [-0.2, 0) is 9.53 Å². The van der Waals surface area contributed by atoms with E-state index >= 15 is 0 Å². The first kappa shape index (κ1) is 12.5. The van der Waals surface area contributed by atoms with Crippen molar-refractivity contribution < 1.29 is 14.6 Å². The normalized spacial score (nSPS) is 18.5. The predicted octanol–water partition coefficient (Wildman–Crippen LogP) is 2.57. The zero-order valence-corrected chi connectivity index (χ0v) is 10.7. The molecule has 1 heterocycles. The Morgan fingerprint density at radius 3 is 3.06 bits per heavy atom. The number of ether oxygens (including phenoxy) is 1. The number of carbonyl (C=O) groups excluding carboxylic acids is 1. The highest BCUT2D eigenvalue weighted by Gasteiger charge is 2.15. The van der Waals surface area contributed by atoms with Crippen LogP contribution in [-0.4, -0.2) is 24.3 Å². The van der Waals surface area contributed by atoms with Crippen LogP contribution in [0.15, 0.2) is 44.4 Å². The summed E-state index contributed by atoms with van der Waals surface area (Å²) in [6, 6.07) is 0. The summed E-state index contributed by atoms with van der Waals surface area (Å²) in [6.07, 6.45) is 6.42. The summed E-state index contributed by atoms with van der Waals surface area (Å²) in [5.41, 5.74) is 0.534. The molecule has 17 heavy (non-hydrogen) atoms. The van der Waals surface area contributed by atoms with Crippen LogP contribution in [0.3, 0.4) is 0 Å². The van der Waals surface area contributed by atoms with Gasteiger partial charge >= 0.3 is 5.97 Å². The largest absolute Gasteiger partial charge is 0.460 e. The van der Waals surface area contributed by atoms with Crippen LogP contribution >= 0.6 is 23.5 Å². The van der Waals surface area contributed by atoms with Crippen LogP contribution in [0.1, 0.15) is 6.42 Å². The molecule has 0 unspecified atom stereocenters. The molecule has 0 saturated heterocycles. The number of hydrogen-bond donors (Lipinski definition) is 1. The molecule has 1 aliphatic heterocycles. The van der Waals surface area contributed by atoms with E-state index in [9.17, 15) is 4.79 Å². The standard InChI is InChI=1S/C12H12O3S2/c13-4-5-15-12(14)9-2-1-3-10-11(8-9)17-7-6-16-10/h1-2,6-8,13H,3-5H2. The molecule has 0 saturated carbocycles. The van der Waals surface area contributed by atoms with E-state index in [1.165, 1.54) is 4.91 Å². The molecule has 0 aromatic rings. The van der Waals surface area contributed by atoms with Gasteiger partial charge in [0.05, 0.1) is 12.2 Å². The van der Waals surface area contributed by atoms with Crippen molar-refractivity contribution in [2.45, 2.75) is 6.42 Å². The molecule has 0 amide bonds. The first-order valence-corrected chi connectivity index (χ1v) is 6.95. The molecular formula is C12H12O3S2. The van der Waals surface area contributed by atoms with Crippen molar-refractivity contribution in [3.63, 3.8) is 0 Å². The van der Waals surface area contributed by atoms with E-state index in [-0.39, 0.29) is 19.2 Å². The molecule has 0 atom stereocenters. The van der Waals surface area contributed by atoms with Crippen LogP contribution in [0.25, 0.3) is 0 Å². The van der Waals surface area contributed by atoms with E-state index < -0.39 is 0 Å². The summed E-state index contributed by atoms with van der Waals surface area (Å²) in [5.74, 6) is -0.385. The second-order valence-corrected chi connectivity index (χ2v) is 5.31. The van der Waals surface area contributed by atoms with Crippen LogP contribution in [0.4, 0.5) is 0 Å². The average molecular weight is 268 g/mol. The number of thioether (sulfide) groups is 2. The van der Waals surface area contributed by atoms with Gasteiger partial charge in [-0.05, 0) is 23.3 Å². The summed E-state index contributed by atoms with van der Waals surface area (Å²) < 4.78 is 4.90. The molecule has 1 aliphatic carbocycles. The van der Waals surface area contributed by atoms with Crippen molar-refractivity contribution in [2.75, 3.05) is 13.2 Å². The van der Waals surface area contributed by atoms with Crippen molar-refractivity contribution in [3.8, 4) is 0 Å². The number of allylic oxidation sites excluding steroid dienone is 3. The smallest absolute Gasteiger partial charge is 0.338 e. The van der Waals surface area contributed by atoms with E-state index in [0.29, 0.717) is 5.57 Å². The minimum absolute atomic E-state index is 0.0394. The number of aliphatic hydroxyl groups excluding tert-OH is 1. The molecule has 1 N–H and O–H groups in total. The molecule has 2 aliphatic rings. The number of hydrogen-bond acceptors (Lipinski definition) is 5. The van der Waals surface area contributed by atoms with Crippen molar-refractivity contribution in [1.82, 2.24) is 0 Å². The quantitative estimate of drug-likeness (QED) is 0.797. The molecule has 90 valence electrons. The maximum Gasteiger partial charge on any atom is 0.338 e. The molecule has 0 radical (unpaired) electrons. The summed E-state index contributed by atoms with van der Waals surface area (Å²) in [7, 11) is 0. The minimum Gasteiger partial charge on any atom is -0.460 e. The fraction of sp³-hybridized carbons (Fsp3) is 0.250. The van der Waals surface area contributed by atoms with Gasteiger partial charge in [0.25, 0.3) is 0 Å². The highest BCUT2D eigenvalue weighted by Crippen LogP contribution is 2.39. The second kappa shape index (κ2) is 6.14. The molecule has 5 heteroatoms. The Bertz CT molecular complexity index is 433. The van der Waals surface area contributed by atoms with E-state index in [1.807, 2.05) is 23.0 Å². The molecule has 0 fully saturated rings. The summed E-state index contributed by atoms with van der Waals surface area (Å²) in [5, 5.41) is 12.7. The maximum absolute atomic E-state index is 11.7. The first-order chi connectivity index (χ1) is 8.31. The SMILES string of the molecule is O=C(OCCO)C1=CC2=C(CC=C1)SC=CS2. The minimum atomic E-state index is -0.385. The molecule has 0 bridgehead atoms. The van der Waals surface area contributed by atoms with Gasteiger partial charge in [-0.3, -0.25) is 0 Å². The van der Waals surface area contributed by atoms with Crippen molar-refractivity contribution in [2.24, 2.45) is 0 Å². The Morgan fingerprint density at radius 1 is 1.41 bits per heavy atom. The van der Waals surface area contributed by atoms with Gasteiger partial charge in [-0.2, -0.15) is 0 Å². The Morgan fingerprint density at radius 2 is 2.24 bits per heavy atom. The van der Waals surface area contributed by atoms with Gasteiger partial charge in [0.15, 0.2) is 0 Å². The summed E-state index contributed by atoms with van der Waals surface area (Å²) in [4.78, 5) is 14.0. The number of aliphatic hydroxyl groups is 1. The van der Waals surface area contributed by atoms with Gasteiger partial charge in [-0.15, -0.1) is 11.8 Å². The highest BCUT2D eigenvalue weighted by atomic mass is 32.2.